The molecular formula is C20H24O5. The van der Waals surface area contributed by atoms with Gasteiger partial charge in [0, 0.05) is 17.4 Å². The van der Waals surface area contributed by atoms with Crippen molar-refractivity contribution >= 4 is 5.97 Å². The lowest BCUT2D eigenvalue weighted by molar-refractivity contribution is -0.151. The van der Waals surface area contributed by atoms with Gasteiger partial charge in [-0.15, -0.1) is 0 Å². The highest BCUT2D eigenvalue weighted by Gasteiger charge is 2.74. The maximum absolute atomic E-state index is 13.2. The fraction of sp³-hybridized carbons (Fsp3) is 0.650. The minimum Gasteiger partial charge on any atom is -0.472 e. The summed E-state index contributed by atoms with van der Waals surface area (Å²) < 4.78 is 17.0. The highest BCUT2D eigenvalue weighted by molar-refractivity contribution is 5.84. The standard InChI is InChI=1S/C20H24O5/c1-11-4-6-18(2)15(8-13(21)16-19(18,3)25-16)20(11)9-14(24-17(20)22)12-5-7-23-10-12/h5,7-8,10-11,13-14,16,21H,4,6,9H2,1-3H3. The third-order valence-corrected chi connectivity index (χ3v) is 7.63. The summed E-state index contributed by atoms with van der Waals surface area (Å²) >= 11 is 0. The molecule has 0 aromatic carbocycles. The Morgan fingerprint density at radius 1 is 1.32 bits per heavy atom. The number of ether oxygens (including phenoxy) is 2. The van der Waals surface area contributed by atoms with Crippen LogP contribution in [-0.4, -0.2) is 28.9 Å². The topological polar surface area (TPSA) is 72.2 Å². The Morgan fingerprint density at radius 3 is 2.84 bits per heavy atom. The van der Waals surface area contributed by atoms with Crippen LogP contribution < -0.4 is 0 Å². The average Bonchev–Trinajstić information content (AvgIpc) is 2.96. The van der Waals surface area contributed by atoms with Crippen molar-refractivity contribution in [3.05, 3.63) is 35.8 Å². The van der Waals surface area contributed by atoms with Crippen LogP contribution in [0.2, 0.25) is 0 Å². The fourth-order valence-electron chi connectivity index (χ4n) is 5.74. The number of carbonyl (C=O) groups is 1. The number of cyclic esters (lactones) is 1. The zero-order chi connectivity index (χ0) is 17.6. The Labute approximate surface area is 147 Å². The molecule has 134 valence electrons. The molecule has 7 unspecified atom stereocenters. The lowest BCUT2D eigenvalue weighted by Gasteiger charge is -2.52. The van der Waals surface area contributed by atoms with Crippen LogP contribution in [0.5, 0.6) is 0 Å². The summed E-state index contributed by atoms with van der Waals surface area (Å²) in [5.41, 5.74) is 0.605. The average molecular weight is 344 g/mol. The molecule has 5 nitrogen and oxygen atoms in total. The van der Waals surface area contributed by atoms with E-state index in [9.17, 15) is 9.90 Å². The fourth-order valence-corrected chi connectivity index (χ4v) is 5.74. The van der Waals surface area contributed by atoms with Crippen LogP contribution in [0.15, 0.2) is 34.7 Å². The van der Waals surface area contributed by atoms with E-state index in [2.05, 4.69) is 20.8 Å². The van der Waals surface area contributed by atoms with E-state index in [1.165, 1.54) is 0 Å². The van der Waals surface area contributed by atoms with Crippen molar-refractivity contribution in [2.45, 2.75) is 63.9 Å². The number of rotatable bonds is 1. The first kappa shape index (κ1) is 15.6. The molecule has 3 fully saturated rings. The van der Waals surface area contributed by atoms with Crippen LogP contribution in [0.3, 0.4) is 0 Å². The van der Waals surface area contributed by atoms with Crippen LogP contribution in [-0.2, 0) is 14.3 Å². The number of furan rings is 1. The molecule has 1 N–H and O–H groups in total. The third kappa shape index (κ3) is 1.69. The van der Waals surface area contributed by atoms with Gasteiger partial charge in [-0.2, -0.15) is 0 Å². The molecular weight excluding hydrogens is 320 g/mol. The lowest BCUT2D eigenvalue weighted by atomic mass is 9.48. The van der Waals surface area contributed by atoms with Crippen LogP contribution in [0.25, 0.3) is 0 Å². The maximum atomic E-state index is 13.2. The van der Waals surface area contributed by atoms with Crippen molar-refractivity contribution in [1.82, 2.24) is 0 Å². The summed E-state index contributed by atoms with van der Waals surface area (Å²) in [5.74, 6) is 0.000557. The second-order valence-corrected chi connectivity index (χ2v) is 8.61. The normalized spacial score (nSPS) is 50.9. The molecule has 7 atom stereocenters. The molecule has 0 bridgehead atoms. The van der Waals surface area contributed by atoms with E-state index in [0.29, 0.717) is 6.42 Å². The lowest BCUT2D eigenvalue weighted by Crippen LogP contribution is -2.54. The van der Waals surface area contributed by atoms with Gasteiger partial charge in [-0.25, -0.2) is 0 Å². The zero-order valence-corrected chi connectivity index (χ0v) is 14.8. The third-order valence-electron chi connectivity index (χ3n) is 7.63. The second kappa shape index (κ2) is 4.57. The molecule has 5 heteroatoms. The number of hydrogen-bond acceptors (Lipinski definition) is 5. The molecule has 4 aliphatic rings. The maximum Gasteiger partial charge on any atom is 0.317 e. The van der Waals surface area contributed by atoms with E-state index in [1.807, 2.05) is 12.1 Å². The molecule has 25 heavy (non-hydrogen) atoms. The Morgan fingerprint density at radius 2 is 2.12 bits per heavy atom. The predicted octanol–water partition coefficient (Wildman–Crippen LogP) is 3.15. The number of hydrogen-bond donors (Lipinski definition) is 1. The predicted molar refractivity (Wildman–Crippen MR) is 88.5 cm³/mol. The zero-order valence-electron chi connectivity index (χ0n) is 14.8. The first-order chi connectivity index (χ1) is 11.8. The summed E-state index contributed by atoms with van der Waals surface area (Å²) in [7, 11) is 0. The number of epoxide rings is 1. The molecule has 1 aromatic rings. The van der Waals surface area contributed by atoms with E-state index in [0.717, 1.165) is 24.0 Å². The summed E-state index contributed by atoms with van der Waals surface area (Å²) in [6.45, 7) is 6.40. The Bertz CT molecular complexity index is 767. The molecule has 3 heterocycles. The summed E-state index contributed by atoms with van der Waals surface area (Å²) in [6, 6.07) is 1.86. The van der Waals surface area contributed by atoms with E-state index in [4.69, 9.17) is 13.9 Å². The van der Waals surface area contributed by atoms with Gasteiger partial charge >= 0.3 is 5.97 Å². The van der Waals surface area contributed by atoms with Gasteiger partial charge in [0.05, 0.1) is 17.9 Å². The quantitative estimate of drug-likeness (QED) is 0.481. The molecule has 1 saturated carbocycles. The summed E-state index contributed by atoms with van der Waals surface area (Å²) in [4.78, 5) is 13.2. The second-order valence-electron chi connectivity index (χ2n) is 8.61. The Balaban J connectivity index is 1.63. The Hall–Kier alpha value is -1.59. The number of aliphatic hydroxyl groups excluding tert-OH is 1. The van der Waals surface area contributed by atoms with E-state index in [1.54, 1.807) is 12.5 Å². The highest BCUT2D eigenvalue weighted by Crippen LogP contribution is 2.70. The van der Waals surface area contributed by atoms with Crippen LogP contribution in [0, 0.1) is 16.7 Å². The van der Waals surface area contributed by atoms with Crippen molar-refractivity contribution in [2.24, 2.45) is 16.7 Å². The SMILES string of the molecule is CC1CCC2(C)C(=CC(O)C3OC32C)C12CC(c1ccoc1)OC2=O. The van der Waals surface area contributed by atoms with Crippen molar-refractivity contribution in [3.8, 4) is 0 Å². The molecule has 2 aliphatic carbocycles. The van der Waals surface area contributed by atoms with Gasteiger partial charge in [0.15, 0.2) is 0 Å². The number of carbonyl (C=O) groups excluding carboxylic acids is 1. The molecule has 2 saturated heterocycles. The van der Waals surface area contributed by atoms with Crippen LogP contribution >= 0.6 is 0 Å². The smallest absolute Gasteiger partial charge is 0.317 e. The molecule has 1 spiro atoms. The number of fused-ring (bicyclic) bond motifs is 4. The van der Waals surface area contributed by atoms with Gasteiger partial charge in [0.2, 0.25) is 0 Å². The van der Waals surface area contributed by atoms with Crippen molar-refractivity contribution in [3.63, 3.8) is 0 Å². The number of esters is 1. The largest absolute Gasteiger partial charge is 0.472 e. The van der Waals surface area contributed by atoms with Gasteiger partial charge < -0.3 is 19.0 Å². The monoisotopic (exact) mass is 344 g/mol. The Kier molecular flexibility index (Phi) is 2.86. The summed E-state index contributed by atoms with van der Waals surface area (Å²) in [5, 5.41) is 10.5. The van der Waals surface area contributed by atoms with E-state index >= 15 is 0 Å². The van der Waals surface area contributed by atoms with E-state index in [-0.39, 0.29) is 29.5 Å². The van der Waals surface area contributed by atoms with E-state index < -0.39 is 17.1 Å². The minimum absolute atomic E-state index is 0.159. The van der Waals surface area contributed by atoms with Crippen LogP contribution in [0.4, 0.5) is 0 Å². The molecule has 2 aliphatic heterocycles. The van der Waals surface area contributed by atoms with Crippen molar-refractivity contribution in [1.29, 1.82) is 0 Å². The first-order valence-corrected chi connectivity index (χ1v) is 9.15. The number of aliphatic hydroxyl groups is 1. The van der Waals surface area contributed by atoms with Gasteiger partial charge in [0.1, 0.15) is 23.9 Å². The highest BCUT2D eigenvalue weighted by atomic mass is 16.6. The summed E-state index contributed by atoms with van der Waals surface area (Å²) in [6.07, 6.45) is 6.55. The van der Waals surface area contributed by atoms with Gasteiger partial charge in [-0.1, -0.05) is 19.9 Å². The minimum atomic E-state index is -0.685. The van der Waals surface area contributed by atoms with Crippen molar-refractivity contribution < 1.29 is 23.8 Å². The molecule has 5 rings (SSSR count). The first-order valence-electron chi connectivity index (χ1n) is 9.15. The van der Waals surface area contributed by atoms with Crippen molar-refractivity contribution in [2.75, 3.05) is 0 Å². The molecule has 1 aromatic heterocycles. The molecule has 0 radical (unpaired) electrons. The van der Waals surface area contributed by atoms with Gasteiger partial charge in [-0.3, -0.25) is 4.79 Å². The molecule has 0 amide bonds. The van der Waals surface area contributed by atoms with Gasteiger partial charge in [0.25, 0.3) is 0 Å². The van der Waals surface area contributed by atoms with Gasteiger partial charge in [-0.05, 0) is 37.3 Å². The van der Waals surface area contributed by atoms with Crippen LogP contribution in [0.1, 0.15) is 51.7 Å².